The number of likely N-dealkylation sites (tertiary alicyclic amines) is 1. The number of hydrogen-bond acceptors (Lipinski definition) is 12. The van der Waals surface area contributed by atoms with E-state index in [2.05, 4.69) is 47.2 Å². The summed E-state index contributed by atoms with van der Waals surface area (Å²) < 4.78 is 12.3. The number of nitrogens with zero attached hydrogens (tertiary/aromatic N) is 7. The highest BCUT2D eigenvalue weighted by molar-refractivity contribution is 7.16. The maximum atomic E-state index is 9.89. The van der Waals surface area contributed by atoms with E-state index in [0.29, 0.717) is 40.0 Å². The maximum absolute atomic E-state index is 9.89. The summed E-state index contributed by atoms with van der Waals surface area (Å²) in [5, 5.41) is 18.5. The summed E-state index contributed by atoms with van der Waals surface area (Å²) in [6.07, 6.45) is 7.22. The van der Waals surface area contributed by atoms with Gasteiger partial charge in [-0.25, -0.2) is 0 Å². The maximum Gasteiger partial charge on any atom is 0.319 e. The molecule has 7 rings (SSSR count). The van der Waals surface area contributed by atoms with Crippen LogP contribution in [0.3, 0.4) is 0 Å². The number of piperazine rings is 1. The predicted octanol–water partition coefficient (Wildman–Crippen LogP) is 3.49. The molecule has 0 radical (unpaired) electrons. The Balaban J connectivity index is 1.25. The van der Waals surface area contributed by atoms with Gasteiger partial charge in [-0.1, -0.05) is 5.16 Å². The topological polar surface area (TPSA) is 142 Å². The van der Waals surface area contributed by atoms with Gasteiger partial charge in [0.05, 0.1) is 11.0 Å². The van der Waals surface area contributed by atoms with Crippen molar-refractivity contribution in [2.75, 3.05) is 43.9 Å². The van der Waals surface area contributed by atoms with Gasteiger partial charge in [0.25, 0.3) is 0 Å². The number of ether oxygens (including phenoxy) is 1. The van der Waals surface area contributed by atoms with Gasteiger partial charge in [0.1, 0.15) is 28.7 Å². The number of aryl methyl sites for hydroxylation is 1. The van der Waals surface area contributed by atoms with Gasteiger partial charge < -0.3 is 25.2 Å². The number of fused-ring (bicyclic) bond motifs is 1. The van der Waals surface area contributed by atoms with Crippen molar-refractivity contribution in [2.24, 2.45) is 0 Å². The van der Waals surface area contributed by atoms with Crippen molar-refractivity contribution in [3.8, 4) is 23.6 Å². The second-order valence-electron chi connectivity index (χ2n) is 12.4. The molecule has 5 heterocycles. The molecule has 3 aromatic rings. The van der Waals surface area contributed by atoms with E-state index in [1.807, 2.05) is 6.07 Å². The largest absolute Gasteiger partial charge is 0.459 e. The van der Waals surface area contributed by atoms with E-state index >= 15 is 0 Å². The van der Waals surface area contributed by atoms with Gasteiger partial charge in [0.15, 0.2) is 0 Å². The molecule has 12 heteroatoms. The molecule has 1 saturated carbocycles. The fraction of sp³-hybridized carbons (Fsp3) is 0.621. The summed E-state index contributed by atoms with van der Waals surface area (Å²) in [7, 11) is 2.15. The van der Waals surface area contributed by atoms with Crippen LogP contribution in [0.2, 0.25) is 0 Å². The third kappa shape index (κ3) is 4.64. The number of aromatic nitrogens is 4. The predicted molar refractivity (Wildman–Crippen MR) is 156 cm³/mol. The molecule has 11 nitrogen and oxygen atoms in total. The lowest BCUT2D eigenvalue weighted by atomic mass is 9.72. The van der Waals surface area contributed by atoms with Crippen LogP contribution in [0.15, 0.2) is 10.6 Å². The van der Waals surface area contributed by atoms with Gasteiger partial charge in [0, 0.05) is 47.7 Å². The van der Waals surface area contributed by atoms with Gasteiger partial charge in [-0.3, -0.25) is 4.90 Å². The number of nitrogens with one attached hydrogen (secondary N) is 1. The summed E-state index contributed by atoms with van der Waals surface area (Å²) in [5.41, 5.74) is 7.87. The standard InChI is InChI=1S/C29H37N9O2S/c1-17(20-6-5-12-37(20)3)39-27-33-19(14-22(34-27)38-13-11-32-29(16-38)9-10-29)25-35-26(40-36-25)28(2)8-4-7-21-23(28)18(15-30)24(31)41-21/h14,17,20,32H,4-13,16,31H2,1-3H3/t17-,20-,28-/m0/s1. The van der Waals surface area contributed by atoms with Gasteiger partial charge in [-0.15, -0.1) is 11.3 Å². The zero-order valence-corrected chi connectivity index (χ0v) is 24.8. The lowest BCUT2D eigenvalue weighted by Gasteiger charge is -2.35. The lowest BCUT2D eigenvalue weighted by Crippen LogP contribution is -2.52. The van der Waals surface area contributed by atoms with Crippen LogP contribution in [0.25, 0.3) is 11.5 Å². The Bertz CT molecular complexity index is 1510. The van der Waals surface area contributed by atoms with Crippen LogP contribution < -0.4 is 20.7 Å². The number of anilines is 2. The van der Waals surface area contributed by atoms with E-state index < -0.39 is 5.41 Å². The number of rotatable bonds is 6. The van der Waals surface area contributed by atoms with Crippen LogP contribution in [0.4, 0.5) is 10.8 Å². The molecule has 2 saturated heterocycles. The van der Waals surface area contributed by atoms with Gasteiger partial charge >= 0.3 is 6.01 Å². The van der Waals surface area contributed by atoms with Crippen molar-refractivity contribution in [1.29, 1.82) is 5.26 Å². The molecule has 216 valence electrons. The third-order valence-electron chi connectivity index (χ3n) is 9.53. The second kappa shape index (κ2) is 9.93. The number of nitrogens with two attached hydrogens (primary N) is 1. The first-order valence-electron chi connectivity index (χ1n) is 14.7. The van der Waals surface area contributed by atoms with E-state index in [0.717, 1.165) is 68.1 Å². The number of nitrogen functional groups attached to an aromatic ring is 1. The minimum Gasteiger partial charge on any atom is -0.459 e. The Kier molecular flexibility index (Phi) is 6.44. The van der Waals surface area contributed by atoms with Crippen molar-refractivity contribution in [3.05, 3.63) is 28.0 Å². The molecule has 0 bridgehead atoms. The highest BCUT2D eigenvalue weighted by Crippen LogP contribution is 2.48. The third-order valence-corrected chi connectivity index (χ3v) is 10.6. The molecule has 0 amide bonds. The molecule has 3 atom stereocenters. The van der Waals surface area contributed by atoms with Gasteiger partial charge in [-0.05, 0) is 72.4 Å². The van der Waals surface area contributed by atoms with Gasteiger partial charge in [0.2, 0.25) is 11.7 Å². The van der Waals surface area contributed by atoms with Crippen molar-refractivity contribution in [1.82, 2.24) is 30.3 Å². The Hall–Kier alpha value is -3.27. The van der Waals surface area contributed by atoms with E-state index in [1.165, 1.54) is 30.6 Å². The lowest BCUT2D eigenvalue weighted by molar-refractivity contribution is 0.112. The summed E-state index contributed by atoms with van der Waals surface area (Å²) in [4.78, 5) is 20.4. The summed E-state index contributed by atoms with van der Waals surface area (Å²) in [6, 6.07) is 4.93. The first kappa shape index (κ1) is 26.6. The summed E-state index contributed by atoms with van der Waals surface area (Å²) in [6.45, 7) is 7.91. The van der Waals surface area contributed by atoms with Crippen LogP contribution in [0.1, 0.15) is 74.3 Å². The fourth-order valence-electron chi connectivity index (χ4n) is 7.01. The number of likely N-dealkylation sites (N-methyl/N-ethyl adjacent to an activating group) is 1. The minimum atomic E-state index is -0.592. The molecule has 0 unspecified atom stereocenters. The molecule has 4 aliphatic rings. The number of hydrogen-bond donors (Lipinski definition) is 2. The molecule has 41 heavy (non-hydrogen) atoms. The van der Waals surface area contributed by atoms with Crippen LogP contribution in [0.5, 0.6) is 6.01 Å². The first-order valence-corrected chi connectivity index (χ1v) is 15.5. The van der Waals surface area contributed by atoms with E-state index in [4.69, 9.17) is 29.9 Å². The van der Waals surface area contributed by atoms with Gasteiger partial charge in [-0.2, -0.15) is 20.2 Å². The first-order chi connectivity index (χ1) is 19.8. The second-order valence-corrected chi connectivity index (χ2v) is 13.5. The average molecular weight is 576 g/mol. The molecule has 2 aliphatic carbocycles. The highest BCUT2D eigenvalue weighted by Gasteiger charge is 2.46. The zero-order chi connectivity index (χ0) is 28.4. The quantitative estimate of drug-likeness (QED) is 0.446. The van der Waals surface area contributed by atoms with Crippen molar-refractivity contribution < 1.29 is 9.26 Å². The van der Waals surface area contributed by atoms with Crippen LogP contribution in [0, 0.1) is 11.3 Å². The average Bonchev–Trinajstić information content (AvgIpc) is 3.32. The zero-order valence-electron chi connectivity index (χ0n) is 23.9. The molecule has 2 aliphatic heterocycles. The molecule has 1 spiro atoms. The van der Waals surface area contributed by atoms with Crippen LogP contribution in [-0.2, 0) is 11.8 Å². The Morgan fingerprint density at radius 1 is 1.24 bits per heavy atom. The van der Waals surface area contributed by atoms with E-state index in [9.17, 15) is 5.26 Å². The molecule has 0 aromatic carbocycles. The van der Waals surface area contributed by atoms with E-state index in [-0.39, 0.29) is 11.6 Å². The molecule has 3 N–H and O–H groups in total. The Morgan fingerprint density at radius 2 is 2.10 bits per heavy atom. The Labute approximate surface area is 244 Å². The number of nitriles is 1. The summed E-state index contributed by atoms with van der Waals surface area (Å²) in [5.74, 6) is 1.69. The van der Waals surface area contributed by atoms with Crippen molar-refractivity contribution in [2.45, 2.75) is 81.9 Å². The summed E-state index contributed by atoms with van der Waals surface area (Å²) >= 11 is 1.50. The minimum absolute atomic E-state index is 0.0581. The molecule has 3 fully saturated rings. The smallest absolute Gasteiger partial charge is 0.319 e. The van der Waals surface area contributed by atoms with Crippen LogP contribution in [-0.4, -0.2) is 75.9 Å². The number of thiophene rings is 1. The highest BCUT2D eigenvalue weighted by atomic mass is 32.1. The normalized spacial score (nSPS) is 26.1. The SMILES string of the molecule is C[C@H](Oc1nc(-c2noc([C@@]3(C)CCCc4sc(N)c(C#N)c43)n2)cc(N2CCNC3(CC3)C2)n1)[C@@H]1CCCN1C. The monoisotopic (exact) mass is 575 g/mol. The van der Waals surface area contributed by atoms with Crippen molar-refractivity contribution >= 4 is 22.2 Å². The molecular weight excluding hydrogens is 538 g/mol. The molecule has 3 aromatic heterocycles. The molecular formula is C29H37N9O2S. The van der Waals surface area contributed by atoms with Crippen LogP contribution >= 0.6 is 11.3 Å². The van der Waals surface area contributed by atoms with Crippen molar-refractivity contribution in [3.63, 3.8) is 0 Å². The fourth-order valence-corrected chi connectivity index (χ4v) is 8.21. The Morgan fingerprint density at radius 3 is 2.85 bits per heavy atom. The van der Waals surface area contributed by atoms with E-state index in [1.54, 1.807) is 0 Å².